The molecular formula is C28H25Br3N4O4. The van der Waals surface area contributed by atoms with Gasteiger partial charge in [-0.25, -0.2) is 4.98 Å². The van der Waals surface area contributed by atoms with Crippen molar-refractivity contribution in [3.05, 3.63) is 89.8 Å². The van der Waals surface area contributed by atoms with Crippen molar-refractivity contribution in [2.45, 2.75) is 26.2 Å². The highest BCUT2D eigenvalue weighted by Crippen LogP contribution is 2.42. The predicted octanol–water partition coefficient (Wildman–Crippen LogP) is 7.11. The van der Waals surface area contributed by atoms with Crippen LogP contribution in [0.3, 0.4) is 0 Å². The van der Waals surface area contributed by atoms with E-state index >= 15 is 0 Å². The molecule has 0 aliphatic heterocycles. The van der Waals surface area contributed by atoms with Crippen LogP contribution in [0.4, 0.5) is 5.69 Å². The Morgan fingerprint density at radius 3 is 2.56 bits per heavy atom. The predicted molar refractivity (Wildman–Crippen MR) is 164 cm³/mol. The van der Waals surface area contributed by atoms with Crippen LogP contribution in [0.25, 0.3) is 10.9 Å². The molecule has 8 nitrogen and oxygen atoms in total. The van der Waals surface area contributed by atoms with Crippen molar-refractivity contribution in [1.82, 2.24) is 9.66 Å². The van der Waals surface area contributed by atoms with Crippen LogP contribution in [0.2, 0.25) is 0 Å². The molecule has 202 valence electrons. The standard InChI is InChI=1S/C28H25Br3N4O4/c1-4-16(2)27-34-21-11-10-18(29)13-20(21)28(37)35(27)32-14-17-12-22(38-3)26(25(31)24(17)30)39-15-23(36)33-19-8-6-5-7-9-19/h5-14,16H,4,15H2,1-3H3,(H,33,36)/t16-/m1/s1. The van der Waals surface area contributed by atoms with Crippen molar-refractivity contribution in [3.8, 4) is 11.5 Å². The van der Waals surface area contributed by atoms with Gasteiger partial charge in [-0.05, 0) is 74.7 Å². The van der Waals surface area contributed by atoms with Crippen LogP contribution in [0.5, 0.6) is 11.5 Å². The summed E-state index contributed by atoms with van der Waals surface area (Å²) in [6.07, 6.45) is 2.35. The summed E-state index contributed by atoms with van der Waals surface area (Å²) in [4.78, 5) is 30.6. The van der Waals surface area contributed by atoms with Gasteiger partial charge in [0.15, 0.2) is 18.1 Å². The van der Waals surface area contributed by atoms with E-state index < -0.39 is 0 Å². The fourth-order valence-electron chi connectivity index (χ4n) is 3.74. The third-order valence-corrected chi connectivity index (χ3v) is 8.62. The second-order valence-corrected chi connectivity index (χ2v) is 11.1. The molecule has 1 N–H and O–H groups in total. The second-order valence-electron chi connectivity index (χ2n) is 8.63. The minimum Gasteiger partial charge on any atom is -0.493 e. The summed E-state index contributed by atoms with van der Waals surface area (Å²) >= 11 is 10.5. The van der Waals surface area contributed by atoms with E-state index in [0.29, 0.717) is 48.4 Å². The Labute approximate surface area is 250 Å². The largest absolute Gasteiger partial charge is 0.493 e. The number of carbonyl (C=O) groups is 1. The Morgan fingerprint density at radius 1 is 1.13 bits per heavy atom. The van der Waals surface area contributed by atoms with E-state index in [0.717, 1.165) is 10.9 Å². The van der Waals surface area contributed by atoms with E-state index in [1.54, 1.807) is 30.5 Å². The van der Waals surface area contributed by atoms with Crippen LogP contribution in [-0.2, 0) is 4.79 Å². The second kappa shape index (κ2) is 12.9. The van der Waals surface area contributed by atoms with Gasteiger partial charge in [-0.1, -0.05) is 48.0 Å². The molecule has 0 bridgehead atoms. The van der Waals surface area contributed by atoms with Crippen molar-refractivity contribution >= 4 is 76.5 Å². The van der Waals surface area contributed by atoms with Gasteiger partial charge in [0.25, 0.3) is 11.5 Å². The number of anilines is 1. The maximum absolute atomic E-state index is 13.4. The first-order chi connectivity index (χ1) is 18.7. The van der Waals surface area contributed by atoms with Crippen molar-refractivity contribution in [3.63, 3.8) is 0 Å². The lowest BCUT2D eigenvalue weighted by Gasteiger charge is -2.16. The first-order valence-corrected chi connectivity index (χ1v) is 14.4. The maximum atomic E-state index is 13.4. The number of rotatable bonds is 9. The third-order valence-electron chi connectivity index (χ3n) is 5.98. The van der Waals surface area contributed by atoms with Gasteiger partial charge in [0.1, 0.15) is 5.82 Å². The molecule has 39 heavy (non-hydrogen) atoms. The van der Waals surface area contributed by atoms with Gasteiger partial charge >= 0.3 is 0 Å². The van der Waals surface area contributed by atoms with Gasteiger partial charge in [0, 0.05) is 26.1 Å². The third kappa shape index (κ3) is 6.59. The molecule has 0 saturated carbocycles. The number of hydrogen-bond acceptors (Lipinski definition) is 6. The number of fused-ring (bicyclic) bond motifs is 1. The van der Waals surface area contributed by atoms with Crippen LogP contribution in [0.1, 0.15) is 37.6 Å². The first kappa shape index (κ1) is 29.0. The van der Waals surface area contributed by atoms with Crippen LogP contribution in [-0.4, -0.2) is 35.5 Å². The molecule has 0 unspecified atom stereocenters. The average Bonchev–Trinajstić information content (AvgIpc) is 2.94. The number of nitrogens with one attached hydrogen (secondary N) is 1. The van der Waals surface area contributed by atoms with E-state index in [1.165, 1.54) is 11.8 Å². The van der Waals surface area contributed by atoms with Gasteiger partial charge in [-0.2, -0.15) is 9.78 Å². The summed E-state index contributed by atoms with van der Waals surface area (Å²) in [6.45, 7) is 3.82. The lowest BCUT2D eigenvalue weighted by Crippen LogP contribution is -2.23. The van der Waals surface area contributed by atoms with Gasteiger partial charge in [-0.15, -0.1) is 0 Å². The van der Waals surface area contributed by atoms with Gasteiger partial charge in [0.2, 0.25) is 0 Å². The van der Waals surface area contributed by atoms with E-state index in [-0.39, 0.29) is 24.0 Å². The smallest absolute Gasteiger partial charge is 0.282 e. The molecule has 0 fully saturated rings. The molecule has 11 heteroatoms. The summed E-state index contributed by atoms with van der Waals surface area (Å²) < 4.78 is 14.6. The topological polar surface area (TPSA) is 94.8 Å². The van der Waals surface area contributed by atoms with E-state index in [2.05, 4.69) is 58.2 Å². The molecule has 0 aliphatic carbocycles. The van der Waals surface area contributed by atoms with E-state index in [4.69, 9.17) is 14.5 Å². The highest BCUT2D eigenvalue weighted by molar-refractivity contribution is 9.13. The van der Waals surface area contributed by atoms with Gasteiger partial charge in [-0.3, -0.25) is 9.59 Å². The normalized spacial score (nSPS) is 12.1. The fourth-order valence-corrected chi connectivity index (χ4v) is 5.04. The zero-order valence-electron chi connectivity index (χ0n) is 21.4. The quantitative estimate of drug-likeness (QED) is 0.186. The zero-order valence-corrected chi connectivity index (χ0v) is 26.1. The summed E-state index contributed by atoms with van der Waals surface area (Å²) in [6, 6.07) is 16.3. The Morgan fingerprint density at radius 2 is 1.87 bits per heavy atom. The number of carbonyl (C=O) groups excluding carboxylic acids is 1. The van der Waals surface area contributed by atoms with Crippen LogP contribution < -0.4 is 20.3 Å². The Kier molecular flexibility index (Phi) is 9.58. The fraction of sp³-hybridized carbons (Fsp3) is 0.214. The monoisotopic (exact) mass is 718 g/mol. The molecule has 1 amide bonds. The highest BCUT2D eigenvalue weighted by Gasteiger charge is 2.19. The van der Waals surface area contributed by atoms with Crippen molar-refractivity contribution < 1.29 is 14.3 Å². The number of benzene rings is 3. The van der Waals surface area contributed by atoms with Crippen molar-refractivity contribution in [1.29, 1.82) is 0 Å². The molecule has 0 radical (unpaired) electrons. The Hall–Kier alpha value is -3.02. The molecular weight excluding hydrogens is 696 g/mol. The molecule has 1 atom stereocenters. The van der Waals surface area contributed by atoms with Gasteiger partial charge in [0.05, 0.1) is 28.7 Å². The number of nitrogens with zero attached hydrogens (tertiary/aromatic N) is 3. The number of methoxy groups -OCH3 is 1. The average molecular weight is 721 g/mol. The summed E-state index contributed by atoms with van der Waals surface area (Å²) in [5.41, 5.74) is 1.65. The van der Waals surface area contributed by atoms with Crippen LogP contribution >= 0.6 is 47.8 Å². The van der Waals surface area contributed by atoms with Gasteiger partial charge < -0.3 is 14.8 Å². The summed E-state index contributed by atoms with van der Waals surface area (Å²) in [7, 11) is 1.50. The lowest BCUT2D eigenvalue weighted by atomic mass is 10.1. The van der Waals surface area contributed by atoms with E-state index in [9.17, 15) is 9.59 Å². The Bertz CT molecular complexity index is 1610. The number of para-hydroxylation sites is 1. The van der Waals surface area contributed by atoms with Crippen LogP contribution in [0, 0.1) is 0 Å². The van der Waals surface area contributed by atoms with Crippen molar-refractivity contribution in [2.24, 2.45) is 5.10 Å². The SMILES string of the molecule is CC[C@@H](C)c1nc2ccc(Br)cc2c(=O)n1N=Cc1cc(OC)c(OCC(=O)Nc2ccccc2)c(Br)c1Br. The molecule has 4 rings (SSSR count). The number of aromatic nitrogens is 2. The molecule has 0 saturated heterocycles. The highest BCUT2D eigenvalue weighted by atomic mass is 79.9. The molecule has 3 aromatic carbocycles. The van der Waals surface area contributed by atoms with E-state index in [1.807, 2.05) is 44.2 Å². The number of hydrogen-bond donors (Lipinski definition) is 1. The summed E-state index contributed by atoms with van der Waals surface area (Å²) in [5.74, 6) is 0.989. The molecule has 1 heterocycles. The van der Waals surface area contributed by atoms with Crippen molar-refractivity contribution in [2.75, 3.05) is 19.0 Å². The zero-order chi connectivity index (χ0) is 28.1. The molecule has 0 spiro atoms. The lowest BCUT2D eigenvalue weighted by molar-refractivity contribution is -0.118. The molecule has 0 aliphatic rings. The first-order valence-electron chi connectivity index (χ1n) is 12.0. The van der Waals surface area contributed by atoms with Crippen LogP contribution in [0.15, 0.2) is 77.9 Å². The molecule has 1 aromatic heterocycles. The minimum absolute atomic E-state index is 0.00502. The maximum Gasteiger partial charge on any atom is 0.282 e. The Balaban J connectivity index is 1.67. The minimum atomic E-state index is -0.315. The number of amides is 1. The summed E-state index contributed by atoms with van der Waals surface area (Å²) in [5, 5.41) is 7.78. The molecule has 4 aromatic rings. The number of halogens is 3. The number of ether oxygens (including phenoxy) is 2.